The maximum absolute atomic E-state index is 12.4. The van der Waals surface area contributed by atoms with E-state index in [4.69, 9.17) is 26.4 Å². The van der Waals surface area contributed by atoms with Gasteiger partial charge in [0, 0.05) is 17.9 Å². The first-order valence-electron chi connectivity index (χ1n) is 10.8. The molecule has 7 heteroatoms. The van der Waals surface area contributed by atoms with Gasteiger partial charge in [0.15, 0.2) is 5.11 Å². The Morgan fingerprint density at radius 3 is 2.45 bits per heavy atom. The molecule has 2 aromatic carbocycles. The minimum absolute atomic E-state index is 0.183. The molecule has 0 radical (unpaired) electrons. The van der Waals surface area contributed by atoms with Gasteiger partial charge >= 0.3 is 0 Å². The molecule has 1 heterocycles. The second-order valence-electron chi connectivity index (χ2n) is 7.46. The molecule has 2 aromatic rings. The van der Waals surface area contributed by atoms with Gasteiger partial charge in [0.05, 0.1) is 12.7 Å². The molecule has 31 heavy (non-hydrogen) atoms. The largest absolute Gasteiger partial charge is 0.494 e. The summed E-state index contributed by atoms with van der Waals surface area (Å²) in [5.74, 6) is 1.26. The maximum atomic E-state index is 12.4. The number of hydrogen-bond acceptors (Lipinski definition) is 5. The summed E-state index contributed by atoms with van der Waals surface area (Å²) in [6.07, 6.45) is 5.66. The first-order chi connectivity index (χ1) is 15.1. The summed E-state index contributed by atoms with van der Waals surface area (Å²) in [6.45, 7) is 4.22. The predicted molar refractivity (Wildman–Crippen MR) is 126 cm³/mol. The third-order valence-corrected chi connectivity index (χ3v) is 5.14. The normalized spacial score (nSPS) is 15.3. The van der Waals surface area contributed by atoms with Crippen molar-refractivity contribution in [2.75, 3.05) is 25.1 Å². The molecular weight excluding hydrogens is 412 g/mol. The number of nitrogens with one attached hydrogen (secondary N) is 2. The second-order valence-corrected chi connectivity index (χ2v) is 7.87. The smallest absolute Gasteiger partial charge is 0.257 e. The van der Waals surface area contributed by atoms with Crippen LogP contribution < -0.4 is 20.1 Å². The minimum atomic E-state index is -0.272. The van der Waals surface area contributed by atoms with Gasteiger partial charge in [-0.2, -0.15) is 0 Å². The van der Waals surface area contributed by atoms with Crippen LogP contribution in [0, 0.1) is 0 Å². The molecule has 0 aliphatic carbocycles. The van der Waals surface area contributed by atoms with Crippen molar-refractivity contribution in [2.45, 2.75) is 45.1 Å². The average Bonchev–Trinajstić information content (AvgIpc) is 3.30. The average molecular weight is 443 g/mol. The molecule has 1 aliphatic heterocycles. The van der Waals surface area contributed by atoms with Crippen LogP contribution >= 0.6 is 12.2 Å². The number of anilines is 1. The summed E-state index contributed by atoms with van der Waals surface area (Å²) in [5, 5.41) is 5.94. The van der Waals surface area contributed by atoms with Crippen LogP contribution in [0.1, 0.15) is 49.4 Å². The van der Waals surface area contributed by atoms with Crippen molar-refractivity contribution in [1.29, 1.82) is 0 Å². The summed E-state index contributed by atoms with van der Waals surface area (Å²) in [5.41, 5.74) is 1.29. The number of carbonyl (C=O) groups is 1. The molecule has 0 bridgehead atoms. The van der Waals surface area contributed by atoms with Crippen molar-refractivity contribution in [3.8, 4) is 11.5 Å². The van der Waals surface area contributed by atoms with E-state index < -0.39 is 0 Å². The Labute approximate surface area is 189 Å². The molecule has 2 N–H and O–H groups in total. The van der Waals surface area contributed by atoms with Gasteiger partial charge in [-0.1, -0.05) is 19.8 Å². The molecule has 1 amide bonds. The fraction of sp³-hybridized carbons (Fsp3) is 0.417. The van der Waals surface area contributed by atoms with E-state index in [1.807, 2.05) is 24.3 Å². The van der Waals surface area contributed by atoms with Crippen molar-refractivity contribution in [2.24, 2.45) is 0 Å². The number of carbonyl (C=O) groups excluding carboxylic acids is 1. The molecule has 1 aliphatic rings. The van der Waals surface area contributed by atoms with Gasteiger partial charge in [0.1, 0.15) is 18.1 Å². The highest BCUT2D eigenvalue weighted by Gasteiger charge is 2.16. The molecule has 1 atom stereocenters. The Kier molecular flexibility index (Phi) is 9.12. The van der Waals surface area contributed by atoms with E-state index in [1.54, 1.807) is 24.3 Å². The maximum Gasteiger partial charge on any atom is 0.257 e. The van der Waals surface area contributed by atoms with E-state index in [0.29, 0.717) is 18.8 Å². The fourth-order valence-electron chi connectivity index (χ4n) is 3.18. The number of rotatable bonds is 10. The Morgan fingerprint density at radius 2 is 1.77 bits per heavy atom. The Balaban J connectivity index is 1.41. The van der Waals surface area contributed by atoms with Crippen LogP contribution in [0.15, 0.2) is 48.5 Å². The van der Waals surface area contributed by atoms with E-state index in [0.717, 1.165) is 55.9 Å². The molecule has 3 rings (SSSR count). The fourth-order valence-corrected chi connectivity index (χ4v) is 3.39. The third kappa shape index (κ3) is 7.84. The molecule has 1 saturated heterocycles. The Hall–Kier alpha value is -2.64. The predicted octanol–water partition coefficient (Wildman–Crippen LogP) is 4.94. The van der Waals surface area contributed by atoms with Crippen molar-refractivity contribution in [3.63, 3.8) is 0 Å². The lowest BCUT2D eigenvalue weighted by atomic mass is 10.2. The molecule has 166 valence electrons. The number of unbranched alkanes of at least 4 members (excludes halogenated alkanes) is 2. The van der Waals surface area contributed by atoms with Crippen molar-refractivity contribution in [3.05, 3.63) is 54.1 Å². The minimum Gasteiger partial charge on any atom is -0.494 e. The van der Waals surface area contributed by atoms with Crippen molar-refractivity contribution >= 4 is 28.9 Å². The topological polar surface area (TPSA) is 68.8 Å². The van der Waals surface area contributed by atoms with Crippen LogP contribution in [0.25, 0.3) is 0 Å². The van der Waals surface area contributed by atoms with Crippen LogP contribution in [-0.4, -0.2) is 36.9 Å². The second kappa shape index (κ2) is 12.3. The van der Waals surface area contributed by atoms with Gasteiger partial charge in [-0.15, -0.1) is 0 Å². The first-order valence-corrected chi connectivity index (χ1v) is 11.2. The van der Waals surface area contributed by atoms with E-state index in [9.17, 15) is 4.79 Å². The van der Waals surface area contributed by atoms with Crippen LogP contribution in [0.2, 0.25) is 0 Å². The zero-order chi connectivity index (χ0) is 21.9. The highest BCUT2D eigenvalue weighted by Crippen LogP contribution is 2.18. The number of thiocarbonyl (C=S) groups is 1. The summed E-state index contributed by atoms with van der Waals surface area (Å²) < 4.78 is 17.0. The van der Waals surface area contributed by atoms with Crippen LogP contribution in [0.3, 0.4) is 0 Å². The lowest BCUT2D eigenvalue weighted by Gasteiger charge is -2.13. The van der Waals surface area contributed by atoms with E-state index in [-0.39, 0.29) is 17.1 Å². The summed E-state index contributed by atoms with van der Waals surface area (Å²) in [4.78, 5) is 12.4. The molecule has 1 unspecified atom stereocenters. The van der Waals surface area contributed by atoms with Gasteiger partial charge in [-0.3, -0.25) is 10.1 Å². The number of amides is 1. The van der Waals surface area contributed by atoms with Crippen molar-refractivity contribution in [1.82, 2.24) is 5.32 Å². The number of benzene rings is 2. The van der Waals surface area contributed by atoms with Crippen LogP contribution in [0.4, 0.5) is 5.69 Å². The summed E-state index contributed by atoms with van der Waals surface area (Å²) in [6, 6.07) is 14.5. The lowest BCUT2D eigenvalue weighted by molar-refractivity contribution is 0.0679. The third-order valence-electron chi connectivity index (χ3n) is 4.93. The van der Waals surface area contributed by atoms with Crippen LogP contribution in [-0.2, 0) is 4.74 Å². The highest BCUT2D eigenvalue weighted by atomic mass is 32.1. The monoisotopic (exact) mass is 442 g/mol. The Bertz CT molecular complexity index is 834. The van der Waals surface area contributed by atoms with E-state index in [2.05, 4.69) is 17.6 Å². The molecular formula is C24H30N2O4S. The summed E-state index contributed by atoms with van der Waals surface area (Å²) >= 11 is 5.26. The SMILES string of the molecule is CCCCCOc1ccc(C(=O)NC(=S)Nc2ccc(OCC3CCCO3)cc2)cc1. The lowest BCUT2D eigenvalue weighted by Crippen LogP contribution is -2.34. The molecule has 0 aromatic heterocycles. The van der Waals surface area contributed by atoms with E-state index >= 15 is 0 Å². The van der Waals surface area contributed by atoms with Crippen molar-refractivity contribution < 1.29 is 19.0 Å². The highest BCUT2D eigenvalue weighted by molar-refractivity contribution is 7.80. The number of ether oxygens (including phenoxy) is 3. The first kappa shape index (κ1) is 23.0. The molecule has 6 nitrogen and oxygen atoms in total. The quantitative estimate of drug-likeness (QED) is 0.401. The number of hydrogen-bond donors (Lipinski definition) is 2. The van der Waals surface area contributed by atoms with Gasteiger partial charge in [-0.05, 0) is 80.0 Å². The zero-order valence-corrected chi connectivity index (χ0v) is 18.7. The zero-order valence-electron chi connectivity index (χ0n) is 17.9. The molecule has 0 saturated carbocycles. The van der Waals surface area contributed by atoms with Gasteiger partial charge in [-0.25, -0.2) is 0 Å². The molecule has 0 spiro atoms. The van der Waals surface area contributed by atoms with E-state index in [1.165, 1.54) is 0 Å². The Morgan fingerprint density at radius 1 is 1.06 bits per heavy atom. The van der Waals surface area contributed by atoms with Gasteiger partial charge < -0.3 is 19.5 Å². The van der Waals surface area contributed by atoms with Gasteiger partial charge in [0.2, 0.25) is 0 Å². The van der Waals surface area contributed by atoms with Crippen LogP contribution in [0.5, 0.6) is 11.5 Å². The standard InChI is InChI=1S/C24H30N2O4S/c1-2-3-4-15-28-20-11-7-18(8-12-20)23(27)26-24(31)25-19-9-13-21(14-10-19)30-17-22-6-5-16-29-22/h7-14,22H,2-6,15-17H2,1H3,(H2,25,26,27,31). The molecule has 1 fully saturated rings. The van der Waals surface area contributed by atoms with Gasteiger partial charge in [0.25, 0.3) is 5.91 Å². The summed E-state index contributed by atoms with van der Waals surface area (Å²) in [7, 11) is 0.